The number of hydrogen-bond acceptors (Lipinski definition) is 2. The van der Waals surface area contributed by atoms with Crippen LogP contribution >= 0.6 is 0 Å². The Bertz CT molecular complexity index is 305. The zero-order valence-electron chi connectivity index (χ0n) is 12.8. The van der Waals surface area contributed by atoms with Crippen LogP contribution in [0.5, 0.6) is 0 Å². The molecular formula is C16H30N2O. The normalized spacial score (nSPS) is 35.9. The largest absolute Gasteiger partial charge is 0.326 e. The summed E-state index contributed by atoms with van der Waals surface area (Å²) in [6, 6.07) is 0.0650. The number of carbonyl (C=O) groups is 1. The van der Waals surface area contributed by atoms with E-state index in [-0.39, 0.29) is 12.2 Å². The van der Waals surface area contributed by atoms with Gasteiger partial charge in [-0.3, -0.25) is 10.1 Å². The lowest BCUT2D eigenvalue weighted by atomic mass is 9.81. The molecule has 0 spiro atoms. The molecule has 0 bridgehead atoms. The molecule has 0 radical (unpaired) electrons. The van der Waals surface area contributed by atoms with Crippen molar-refractivity contribution < 1.29 is 4.79 Å². The zero-order valence-corrected chi connectivity index (χ0v) is 12.8. The second-order valence-corrected chi connectivity index (χ2v) is 6.51. The van der Waals surface area contributed by atoms with Gasteiger partial charge in [-0.2, -0.15) is 0 Å². The number of rotatable bonds is 5. The molecular weight excluding hydrogens is 236 g/mol. The van der Waals surface area contributed by atoms with Crippen molar-refractivity contribution in [2.75, 3.05) is 6.54 Å². The summed E-state index contributed by atoms with van der Waals surface area (Å²) in [5.74, 6) is 2.06. The van der Waals surface area contributed by atoms with Gasteiger partial charge in [0, 0.05) is 6.54 Å². The molecule has 1 amide bonds. The molecule has 1 aliphatic carbocycles. The van der Waals surface area contributed by atoms with E-state index in [0.717, 1.165) is 31.2 Å². The Morgan fingerprint density at radius 3 is 2.68 bits per heavy atom. The summed E-state index contributed by atoms with van der Waals surface area (Å²) in [7, 11) is 0. The lowest BCUT2D eigenvalue weighted by molar-refractivity contribution is -0.130. The minimum Gasteiger partial charge on any atom is -0.326 e. The van der Waals surface area contributed by atoms with Crippen LogP contribution < -0.4 is 5.32 Å². The summed E-state index contributed by atoms with van der Waals surface area (Å²) in [6.45, 7) is 7.59. The van der Waals surface area contributed by atoms with E-state index >= 15 is 0 Å². The third kappa shape index (κ3) is 3.50. The second-order valence-electron chi connectivity index (χ2n) is 6.51. The van der Waals surface area contributed by atoms with E-state index in [9.17, 15) is 4.79 Å². The van der Waals surface area contributed by atoms with Crippen LogP contribution in [-0.4, -0.2) is 29.6 Å². The predicted octanol–water partition coefficient (Wildman–Crippen LogP) is 3.15. The summed E-state index contributed by atoms with van der Waals surface area (Å²) in [6.07, 6.45) is 8.92. The van der Waals surface area contributed by atoms with Gasteiger partial charge >= 0.3 is 0 Å². The molecule has 0 aromatic heterocycles. The van der Waals surface area contributed by atoms with E-state index < -0.39 is 0 Å². The Morgan fingerprint density at radius 2 is 2.05 bits per heavy atom. The summed E-state index contributed by atoms with van der Waals surface area (Å²) in [4.78, 5) is 14.4. The van der Waals surface area contributed by atoms with Crippen molar-refractivity contribution in [3.63, 3.8) is 0 Å². The van der Waals surface area contributed by atoms with Gasteiger partial charge in [0.1, 0.15) is 0 Å². The molecule has 3 nitrogen and oxygen atoms in total. The molecule has 0 aromatic carbocycles. The molecule has 110 valence electrons. The van der Waals surface area contributed by atoms with Crippen LogP contribution in [0, 0.1) is 11.8 Å². The van der Waals surface area contributed by atoms with Crippen LogP contribution in [-0.2, 0) is 4.79 Å². The van der Waals surface area contributed by atoms with E-state index in [1.54, 1.807) is 0 Å². The second kappa shape index (κ2) is 6.74. The number of nitrogens with zero attached hydrogens (tertiary/aromatic N) is 1. The Labute approximate surface area is 118 Å². The number of nitrogens with one attached hydrogen (secondary N) is 1. The average Bonchev–Trinajstić information content (AvgIpc) is 2.72. The van der Waals surface area contributed by atoms with Crippen molar-refractivity contribution in [3.8, 4) is 0 Å². The molecule has 1 saturated heterocycles. The molecule has 0 aromatic rings. The molecule has 3 heteroatoms. The van der Waals surface area contributed by atoms with E-state index in [4.69, 9.17) is 0 Å². The highest BCUT2D eigenvalue weighted by Gasteiger charge is 2.36. The third-order valence-electron chi connectivity index (χ3n) is 4.97. The van der Waals surface area contributed by atoms with Crippen molar-refractivity contribution in [2.24, 2.45) is 11.8 Å². The average molecular weight is 266 g/mol. The van der Waals surface area contributed by atoms with E-state index in [1.807, 2.05) is 0 Å². The maximum Gasteiger partial charge on any atom is 0.241 e. The van der Waals surface area contributed by atoms with Crippen LogP contribution in [0.1, 0.15) is 65.7 Å². The maximum atomic E-state index is 12.3. The molecule has 1 saturated carbocycles. The van der Waals surface area contributed by atoms with Gasteiger partial charge in [-0.25, -0.2) is 0 Å². The molecule has 4 atom stereocenters. The molecule has 2 fully saturated rings. The Morgan fingerprint density at radius 1 is 1.26 bits per heavy atom. The first kappa shape index (κ1) is 14.8. The topological polar surface area (TPSA) is 32.3 Å². The minimum absolute atomic E-state index is 0.0650. The zero-order chi connectivity index (χ0) is 13.8. The van der Waals surface area contributed by atoms with Gasteiger partial charge in [-0.15, -0.1) is 0 Å². The van der Waals surface area contributed by atoms with Gasteiger partial charge in [0.15, 0.2) is 0 Å². The number of amides is 1. The summed E-state index contributed by atoms with van der Waals surface area (Å²) in [5.41, 5.74) is 0. The molecule has 1 N–H and O–H groups in total. The van der Waals surface area contributed by atoms with Crippen molar-refractivity contribution in [1.29, 1.82) is 0 Å². The monoisotopic (exact) mass is 266 g/mol. The standard InChI is InChI=1S/C16H30N2O/c1-4-14-16(19)18(15(5-2)17-14)10-9-13-8-6-7-12(3)11-13/h12-15,17H,4-11H2,1-3H3. The van der Waals surface area contributed by atoms with Crippen molar-refractivity contribution in [3.05, 3.63) is 0 Å². The fourth-order valence-corrected chi connectivity index (χ4v) is 3.79. The van der Waals surface area contributed by atoms with Crippen molar-refractivity contribution in [2.45, 2.75) is 77.9 Å². The lowest BCUT2D eigenvalue weighted by Gasteiger charge is -2.30. The molecule has 1 aliphatic heterocycles. The molecule has 19 heavy (non-hydrogen) atoms. The first-order valence-electron chi connectivity index (χ1n) is 8.22. The van der Waals surface area contributed by atoms with Crippen molar-refractivity contribution >= 4 is 5.91 Å². The lowest BCUT2D eigenvalue weighted by Crippen LogP contribution is -2.38. The highest BCUT2D eigenvalue weighted by Crippen LogP contribution is 2.31. The highest BCUT2D eigenvalue weighted by molar-refractivity contribution is 5.84. The SMILES string of the molecule is CCC1NC(CC)N(CCC2CCCC(C)C2)C1=O. The van der Waals surface area contributed by atoms with Gasteiger partial charge in [-0.1, -0.05) is 40.0 Å². The first-order valence-corrected chi connectivity index (χ1v) is 8.22. The Balaban J connectivity index is 1.85. The van der Waals surface area contributed by atoms with E-state index in [1.165, 1.54) is 32.1 Å². The van der Waals surface area contributed by atoms with Crippen LogP contribution in [0.2, 0.25) is 0 Å². The molecule has 1 heterocycles. The van der Waals surface area contributed by atoms with Gasteiger partial charge in [0.2, 0.25) is 5.91 Å². The van der Waals surface area contributed by atoms with Gasteiger partial charge < -0.3 is 4.90 Å². The van der Waals surface area contributed by atoms with Crippen LogP contribution in [0.25, 0.3) is 0 Å². The van der Waals surface area contributed by atoms with Gasteiger partial charge in [-0.05, 0) is 37.5 Å². The number of carbonyl (C=O) groups excluding carboxylic acids is 1. The van der Waals surface area contributed by atoms with Gasteiger partial charge in [0.25, 0.3) is 0 Å². The minimum atomic E-state index is 0.0650. The number of hydrogen-bond donors (Lipinski definition) is 1. The summed E-state index contributed by atoms with van der Waals surface area (Å²) < 4.78 is 0. The first-order chi connectivity index (χ1) is 9.15. The van der Waals surface area contributed by atoms with Gasteiger partial charge in [0.05, 0.1) is 12.2 Å². The smallest absolute Gasteiger partial charge is 0.241 e. The highest BCUT2D eigenvalue weighted by atomic mass is 16.2. The fourth-order valence-electron chi connectivity index (χ4n) is 3.79. The summed E-state index contributed by atoms with van der Waals surface area (Å²) >= 11 is 0. The fraction of sp³-hybridized carbons (Fsp3) is 0.938. The third-order valence-corrected chi connectivity index (χ3v) is 4.97. The Hall–Kier alpha value is -0.570. The van der Waals surface area contributed by atoms with Crippen LogP contribution in [0.4, 0.5) is 0 Å². The van der Waals surface area contributed by atoms with Crippen molar-refractivity contribution in [1.82, 2.24) is 10.2 Å². The quantitative estimate of drug-likeness (QED) is 0.829. The van der Waals surface area contributed by atoms with E-state index in [0.29, 0.717) is 5.91 Å². The molecule has 2 aliphatic rings. The maximum absolute atomic E-state index is 12.3. The Kier molecular flexibility index (Phi) is 5.26. The van der Waals surface area contributed by atoms with Crippen LogP contribution in [0.15, 0.2) is 0 Å². The molecule has 4 unspecified atom stereocenters. The van der Waals surface area contributed by atoms with E-state index in [2.05, 4.69) is 31.0 Å². The summed E-state index contributed by atoms with van der Waals surface area (Å²) in [5, 5.41) is 3.46. The van der Waals surface area contributed by atoms with Crippen LogP contribution in [0.3, 0.4) is 0 Å². The molecule has 2 rings (SSSR count). The predicted molar refractivity (Wildman–Crippen MR) is 78.7 cm³/mol.